The van der Waals surface area contributed by atoms with Crippen molar-refractivity contribution in [3.05, 3.63) is 38.3 Å². The Labute approximate surface area is 132 Å². The number of nitro benzene ring substituents is 1. The molecule has 1 aliphatic rings. The van der Waals surface area contributed by atoms with Crippen molar-refractivity contribution >= 4 is 27.5 Å². The van der Waals surface area contributed by atoms with E-state index in [4.69, 9.17) is 0 Å². The molecule has 114 valence electrons. The number of hydrogen-bond acceptors (Lipinski definition) is 3. The number of amides is 1. The maximum Gasteiger partial charge on any atom is 0.270 e. The summed E-state index contributed by atoms with van der Waals surface area (Å²) in [5.41, 5.74) is 0.328. The first kappa shape index (κ1) is 15.9. The number of nitrogens with zero attached hydrogens (tertiary/aromatic N) is 2. The lowest BCUT2D eigenvalue weighted by atomic mass is 10.1. The van der Waals surface area contributed by atoms with E-state index in [1.807, 2.05) is 4.90 Å². The van der Waals surface area contributed by atoms with Crippen LogP contribution in [0.3, 0.4) is 0 Å². The zero-order valence-corrected chi connectivity index (χ0v) is 13.6. The lowest BCUT2D eigenvalue weighted by Gasteiger charge is -2.29. The van der Waals surface area contributed by atoms with E-state index in [-0.39, 0.29) is 17.6 Å². The maximum atomic E-state index is 12.8. The van der Waals surface area contributed by atoms with E-state index in [9.17, 15) is 14.9 Å². The molecule has 2 rings (SSSR count). The van der Waals surface area contributed by atoms with Gasteiger partial charge in [-0.15, -0.1) is 0 Å². The largest absolute Gasteiger partial charge is 0.336 e. The van der Waals surface area contributed by atoms with Gasteiger partial charge in [0.2, 0.25) is 0 Å². The lowest BCUT2D eigenvalue weighted by molar-refractivity contribution is -0.384. The van der Waals surface area contributed by atoms with Crippen LogP contribution in [0.4, 0.5) is 5.69 Å². The van der Waals surface area contributed by atoms with Gasteiger partial charge in [-0.25, -0.2) is 0 Å². The summed E-state index contributed by atoms with van der Waals surface area (Å²) in [6.07, 6.45) is 5.19. The highest BCUT2D eigenvalue weighted by Gasteiger charge is 2.27. The summed E-state index contributed by atoms with van der Waals surface area (Å²) in [7, 11) is 0. The molecule has 5 nitrogen and oxygen atoms in total. The van der Waals surface area contributed by atoms with Crippen molar-refractivity contribution < 1.29 is 9.72 Å². The Morgan fingerprint density at radius 2 is 2.19 bits per heavy atom. The molecular weight excluding hydrogens is 336 g/mol. The van der Waals surface area contributed by atoms with Crippen molar-refractivity contribution in [2.75, 3.05) is 6.54 Å². The van der Waals surface area contributed by atoms with Gasteiger partial charge in [-0.05, 0) is 41.3 Å². The summed E-state index contributed by atoms with van der Waals surface area (Å²) in [5, 5.41) is 10.9. The van der Waals surface area contributed by atoms with Crippen molar-refractivity contribution in [3.8, 4) is 0 Å². The predicted molar refractivity (Wildman–Crippen MR) is 84.4 cm³/mol. The number of non-ortho nitro benzene ring substituents is 1. The average molecular weight is 355 g/mol. The Bertz CT molecular complexity index is 548. The number of hydrogen-bond donors (Lipinski definition) is 0. The normalized spacial score (nSPS) is 19.1. The minimum atomic E-state index is -0.469. The molecule has 1 amide bonds. The van der Waals surface area contributed by atoms with Crippen molar-refractivity contribution in [3.63, 3.8) is 0 Å². The first-order valence-electron chi connectivity index (χ1n) is 7.29. The van der Waals surface area contributed by atoms with Gasteiger partial charge >= 0.3 is 0 Å². The summed E-state index contributed by atoms with van der Waals surface area (Å²) in [4.78, 5) is 25.1. The number of carbonyl (C=O) groups excluding carboxylic acids is 1. The standard InChI is InChI=1S/C15H19BrN2O3/c1-2-11-6-4-3-5-9-17(11)15(19)13-10-12(18(20)21)7-8-14(13)16/h7-8,10-11H,2-6,9H2,1H3. The molecule has 0 spiro atoms. The van der Waals surface area contributed by atoms with Gasteiger partial charge in [0.15, 0.2) is 0 Å². The van der Waals surface area contributed by atoms with E-state index >= 15 is 0 Å². The molecule has 6 heteroatoms. The second kappa shape index (κ2) is 7.02. The zero-order chi connectivity index (χ0) is 15.4. The molecule has 1 fully saturated rings. The summed E-state index contributed by atoms with van der Waals surface area (Å²) < 4.78 is 0.609. The van der Waals surface area contributed by atoms with Gasteiger partial charge in [0, 0.05) is 29.2 Å². The van der Waals surface area contributed by atoms with Crippen LogP contribution in [0.1, 0.15) is 49.4 Å². The molecule has 1 unspecified atom stereocenters. The number of halogens is 1. The van der Waals surface area contributed by atoms with E-state index in [0.29, 0.717) is 10.0 Å². The van der Waals surface area contributed by atoms with Crippen molar-refractivity contribution in [1.29, 1.82) is 0 Å². The smallest absolute Gasteiger partial charge is 0.270 e. The number of likely N-dealkylation sites (tertiary alicyclic amines) is 1. The molecule has 0 N–H and O–H groups in total. The van der Waals surface area contributed by atoms with E-state index in [1.54, 1.807) is 6.07 Å². The van der Waals surface area contributed by atoms with E-state index < -0.39 is 4.92 Å². The molecule has 1 atom stereocenters. The van der Waals surface area contributed by atoms with Gasteiger partial charge in [0.1, 0.15) is 0 Å². The van der Waals surface area contributed by atoms with Crippen LogP contribution < -0.4 is 0 Å². The van der Waals surface area contributed by atoms with Crippen LogP contribution in [0.5, 0.6) is 0 Å². The summed E-state index contributed by atoms with van der Waals surface area (Å²) in [6.45, 7) is 2.81. The zero-order valence-electron chi connectivity index (χ0n) is 12.0. The molecule has 0 bridgehead atoms. The highest BCUT2D eigenvalue weighted by molar-refractivity contribution is 9.10. The summed E-state index contributed by atoms with van der Waals surface area (Å²) >= 11 is 3.34. The van der Waals surface area contributed by atoms with Gasteiger partial charge in [-0.2, -0.15) is 0 Å². The molecular formula is C15H19BrN2O3. The Hall–Kier alpha value is -1.43. The molecule has 0 aliphatic carbocycles. The van der Waals surface area contributed by atoms with Crippen LogP contribution in [0.2, 0.25) is 0 Å². The van der Waals surface area contributed by atoms with Gasteiger partial charge in [0.25, 0.3) is 11.6 Å². The number of carbonyl (C=O) groups is 1. The fraction of sp³-hybridized carbons (Fsp3) is 0.533. The van der Waals surface area contributed by atoms with Gasteiger partial charge in [-0.1, -0.05) is 19.8 Å². The van der Waals surface area contributed by atoms with Gasteiger partial charge in [0.05, 0.1) is 10.5 Å². The molecule has 0 aromatic heterocycles. The first-order valence-corrected chi connectivity index (χ1v) is 8.08. The topological polar surface area (TPSA) is 63.5 Å². The third-order valence-corrected chi connectivity index (χ3v) is 4.69. The Morgan fingerprint density at radius 1 is 1.43 bits per heavy atom. The number of benzene rings is 1. The third-order valence-electron chi connectivity index (χ3n) is 4.00. The Kier molecular flexibility index (Phi) is 5.33. The SMILES string of the molecule is CCC1CCCCCN1C(=O)c1cc([N+](=O)[O-])ccc1Br. The highest BCUT2D eigenvalue weighted by Crippen LogP contribution is 2.27. The molecule has 1 aliphatic heterocycles. The molecule has 0 saturated carbocycles. The average Bonchev–Trinajstić information content (AvgIpc) is 2.71. The molecule has 1 aromatic carbocycles. The molecule has 0 radical (unpaired) electrons. The third kappa shape index (κ3) is 3.61. The fourth-order valence-electron chi connectivity index (χ4n) is 2.81. The van der Waals surface area contributed by atoms with Crippen LogP contribution in [-0.4, -0.2) is 28.3 Å². The second-order valence-electron chi connectivity index (χ2n) is 5.33. The Balaban J connectivity index is 2.33. The van der Waals surface area contributed by atoms with Crippen molar-refractivity contribution in [2.45, 2.75) is 45.1 Å². The van der Waals surface area contributed by atoms with Crippen molar-refractivity contribution in [1.82, 2.24) is 4.90 Å². The monoisotopic (exact) mass is 354 g/mol. The fourth-order valence-corrected chi connectivity index (χ4v) is 3.23. The quantitative estimate of drug-likeness (QED) is 0.604. The van der Waals surface area contributed by atoms with Gasteiger partial charge in [-0.3, -0.25) is 14.9 Å². The van der Waals surface area contributed by atoms with Crippen LogP contribution >= 0.6 is 15.9 Å². The number of nitro groups is 1. The Morgan fingerprint density at radius 3 is 2.86 bits per heavy atom. The highest BCUT2D eigenvalue weighted by atomic mass is 79.9. The van der Waals surface area contributed by atoms with Crippen LogP contribution in [-0.2, 0) is 0 Å². The molecule has 1 saturated heterocycles. The predicted octanol–water partition coefficient (Wildman–Crippen LogP) is 4.15. The molecule has 1 aromatic rings. The second-order valence-corrected chi connectivity index (χ2v) is 6.19. The van der Waals surface area contributed by atoms with E-state index in [1.165, 1.54) is 12.1 Å². The maximum absolute atomic E-state index is 12.8. The molecule has 21 heavy (non-hydrogen) atoms. The van der Waals surface area contributed by atoms with Crippen LogP contribution in [0.15, 0.2) is 22.7 Å². The van der Waals surface area contributed by atoms with E-state index in [0.717, 1.165) is 38.6 Å². The van der Waals surface area contributed by atoms with Crippen molar-refractivity contribution in [2.24, 2.45) is 0 Å². The minimum Gasteiger partial charge on any atom is -0.336 e. The van der Waals surface area contributed by atoms with E-state index in [2.05, 4.69) is 22.9 Å². The summed E-state index contributed by atoms with van der Waals surface area (Å²) in [5.74, 6) is -0.112. The number of rotatable bonds is 3. The van der Waals surface area contributed by atoms with Crippen LogP contribution in [0, 0.1) is 10.1 Å². The summed E-state index contributed by atoms with van der Waals surface area (Å²) in [6, 6.07) is 4.57. The van der Waals surface area contributed by atoms with Crippen LogP contribution in [0.25, 0.3) is 0 Å². The molecule has 1 heterocycles. The van der Waals surface area contributed by atoms with Gasteiger partial charge < -0.3 is 4.90 Å². The lowest BCUT2D eigenvalue weighted by Crippen LogP contribution is -2.39. The minimum absolute atomic E-state index is 0.0515. The first-order chi connectivity index (χ1) is 10.0.